The molecule has 2 heteroatoms. The maximum atomic E-state index is 11.2. The number of carbonyl (C=O) groups is 1. The second-order valence-electron chi connectivity index (χ2n) is 4.61. The van der Waals surface area contributed by atoms with Crippen LogP contribution in [0.2, 0.25) is 0 Å². The lowest BCUT2D eigenvalue weighted by atomic mass is 9.73. The Bertz CT molecular complexity index is 202. The lowest BCUT2D eigenvalue weighted by molar-refractivity contribution is -0.120. The largest absolute Gasteiger partial charge is 0.307 e. The average molecular weight is 181 g/mol. The standard InChI is InChI=1S/C11H19NO/c1-8(13)11-6-9-4-2-3-5-10(9)7-12-11/h9-12H,2-7H2,1H3. The van der Waals surface area contributed by atoms with Crippen molar-refractivity contribution in [3.8, 4) is 0 Å². The van der Waals surface area contributed by atoms with Crippen molar-refractivity contribution in [3.63, 3.8) is 0 Å². The number of rotatable bonds is 1. The van der Waals surface area contributed by atoms with Gasteiger partial charge in [0.1, 0.15) is 5.78 Å². The maximum absolute atomic E-state index is 11.2. The van der Waals surface area contributed by atoms with E-state index in [4.69, 9.17) is 0 Å². The van der Waals surface area contributed by atoms with Gasteiger partial charge in [0.25, 0.3) is 0 Å². The molecule has 2 nitrogen and oxygen atoms in total. The lowest BCUT2D eigenvalue weighted by Gasteiger charge is -2.39. The van der Waals surface area contributed by atoms with E-state index in [1.165, 1.54) is 25.7 Å². The molecule has 0 aromatic rings. The molecule has 2 rings (SSSR count). The van der Waals surface area contributed by atoms with Crippen molar-refractivity contribution in [1.29, 1.82) is 0 Å². The summed E-state index contributed by atoms with van der Waals surface area (Å²) in [4.78, 5) is 11.2. The molecule has 1 aliphatic carbocycles. The van der Waals surface area contributed by atoms with Gasteiger partial charge in [-0.05, 0) is 38.1 Å². The number of hydrogen-bond donors (Lipinski definition) is 1. The van der Waals surface area contributed by atoms with Gasteiger partial charge in [0.05, 0.1) is 6.04 Å². The van der Waals surface area contributed by atoms with Gasteiger partial charge in [-0.1, -0.05) is 19.3 Å². The van der Waals surface area contributed by atoms with Crippen LogP contribution in [0.1, 0.15) is 39.0 Å². The topological polar surface area (TPSA) is 29.1 Å². The SMILES string of the molecule is CC(=O)C1CC2CCCCC2CN1. The van der Waals surface area contributed by atoms with E-state index in [0.717, 1.165) is 24.8 Å². The quantitative estimate of drug-likeness (QED) is 0.667. The Balaban J connectivity index is 1.95. The normalized spacial score (nSPS) is 39.6. The van der Waals surface area contributed by atoms with Crippen molar-refractivity contribution < 1.29 is 4.79 Å². The molecule has 13 heavy (non-hydrogen) atoms. The van der Waals surface area contributed by atoms with Crippen molar-refractivity contribution in [1.82, 2.24) is 5.32 Å². The van der Waals surface area contributed by atoms with Gasteiger partial charge in [0.2, 0.25) is 0 Å². The van der Waals surface area contributed by atoms with E-state index >= 15 is 0 Å². The highest BCUT2D eigenvalue weighted by Crippen LogP contribution is 2.35. The second kappa shape index (κ2) is 3.79. The molecule has 0 amide bonds. The summed E-state index contributed by atoms with van der Waals surface area (Å²) in [5, 5.41) is 3.37. The fourth-order valence-corrected chi connectivity index (χ4v) is 2.85. The van der Waals surface area contributed by atoms with E-state index in [-0.39, 0.29) is 6.04 Å². The highest BCUT2D eigenvalue weighted by atomic mass is 16.1. The first-order valence-corrected chi connectivity index (χ1v) is 5.51. The van der Waals surface area contributed by atoms with Gasteiger partial charge in [-0.25, -0.2) is 0 Å². The van der Waals surface area contributed by atoms with Crippen molar-refractivity contribution in [3.05, 3.63) is 0 Å². The zero-order chi connectivity index (χ0) is 9.26. The summed E-state index contributed by atoms with van der Waals surface area (Å²) in [5.41, 5.74) is 0. The molecule has 1 N–H and O–H groups in total. The van der Waals surface area contributed by atoms with E-state index < -0.39 is 0 Å². The van der Waals surface area contributed by atoms with Crippen LogP contribution in [-0.4, -0.2) is 18.4 Å². The molecule has 2 aliphatic rings. The minimum atomic E-state index is 0.166. The third-order valence-electron chi connectivity index (χ3n) is 3.72. The first kappa shape index (κ1) is 9.20. The number of carbonyl (C=O) groups excluding carboxylic acids is 1. The molecule has 1 heterocycles. The van der Waals surface area contributed by atoms with Crippen LogP contribution in [0.25, 0.3) is 0 Å². The minimum Gasteiger partial charge on any atom is -0.307 e. The molecule has 0 bridgehead atoms. The van der Waals surface area contributed by atoms with Gasteiger partial charge < -0.3 is 5.32 Å². The summed E-state index contributed by atoms with van der Waals surface area (Å²) in [5.74, 6) is 2.03. The Morgan fingerprint density at radius 3 is 2.62 bits per heavy atom. The summed E-state index contributed by atoms with van der Waals surface area (Å²) in [6.45, 7) is 2.79. The third-order valence-corrected chi connectivity index (χ3v) is 3.72. The fraction of sp³-hybridized carbons (Fsp3) is 0.909. The van der Waals surface area contributed by atoms with E-state index in [0.29, 0.717) is 5.78 Å². The molecule has 0 spiro atoms. The molecular weight excluding hydrogens is 162 g/mol. The molecular formula is C11H19NO. The molecule has 0 radical (unpaired) electrons. The molecule has 1 aliphatic heterocycles. The van der Waals surface area contributed by atoms with Crippen LogP contribution >= 0.6 is 0 Å². The molecule has 74 valence electrons. The van der Waals surface area contributed by atoms with Crippen molar-refractivity contribution >= 4 is 5.78 Å². The monoisotopic (exact) mass is 181 g/mol. The Labute approximate surface area is 80.1 Å². The summed E-state index contributed by atoms with van der Waals surface area (Å²) in [6, 6.07) is 0.166. The van der Waals surface area contributed by atoms with Crippen LogP contribution in [0, 0.1) is 11.8 Å². The third kappa shape index (κ3) is 1.93. The molecule has 1 saturated carbocycles. The highest BCUT2D eigenvalue weighted by Gasteiger charge is 2.33. The Morgan fingerprint density at radius 2 is 1.92 bits per heavy atom. The Kier molecular flexibility index (Phi) is 2.68. The number of piperidine rings is 1. The highest BCUT2D eigenvalue weighted by molar-refractivity contribution is 5.81. The number of nitrogens with one attached hydrogen (secondary N) is 1. The zero-order valence-electron chi connectivity index (χ0n) is 8.38. The summed E-state index contributed by atoms with van der Waals surface area (Å²) in [6.07, 6.45) is 6.61. The minimum absolute atomic E-state index is 0.166. The van der Waals surface area contributed by atoms with Gasteiger partial charge in [-0.15, -0.1) is 0 Å². The predicted molar refractivity (Wildman–Crippen MR) is 52.5 cm³/mol. The van der Waals surface area contributed by atoms with E-state index in [9.17, 15) is 4.79 Å². The Morgan fingerprint density at radius 1 is 1.23 bits per heavy atom. The average Bonchev–Trinajstić information content (AvgIpc) is 2.17. The van der Waals surface area contributed by atoms with Gasteiger partial charge in [0, 0.05) is 0 Å². The summed E-state index contributed by atoms with van der Waals surface area (Å²) >= 11 is 0. The lowest BCUT2D eigenvalue weighted by Crippen LogP contribution is -2.48. The van der Waals surface area contributed by atoms with E-state index in [1.807, 2.05) is 0 Å². The second-order valence-corrected chi connectivity index (χ2v) is 4.61. The Hall–Kier alpha value is -0.370. The number of ketones is 1. The molecule has 1 saturated heterocycles. The van der Waals surface area contributed by atoms with Crippen LogP contribution in [0.15, 0.2) is 0 Å². The first-order chi connectivity index (χ1) is 6.27. The number of hydrogen-bond acceptors (Lipinski definition) is 2. The van der Waals surface area contributed by atoms with Crippen LogP contribution in [0.5, 0.6) is 0 Å². The number of fused-ring (bicyclic) bond motifs is 1. The summed E-state index contributed by atoms with van der Waals surface area (Å²) in [7, 11) is 0. The van der Waals surface area contributed by atoms with Crippen molar-refractivity contribution in [2.45, 2.75) is 45.1 Å². The van der Waals surface area contributed by atoms with Crippen molar-refractivity contribution in [2.75, 3.05) is 6.54 Å². The smallest absolute Gasteiger partial charge is 0.146 e. The van der Waals surface area contributed by atoms with Crippen molar-refractivity contribution in [2.24, 2.45) is 11.8 Å². The number of Topliss-reactive ketones (excluding diaryl/α,β-unsaturated/α-hetero) is 1. The summed E-state index contributed by atoms with van der Waals surface area (Å²) < 4.78 is 0. The van der Waals surface area contributed by atoms with E-state index in [1.54, 1.807) is 6.92 Å². The maximum Gasteiger partial charge on any atom is 0.146 e. The predicted octanol–water partition coefficient (Wildman–Crippen LogP) is 1.74. The van der Waals surface area contributed by atoms with Gasteiger partial charge in [0.15, 0.2) is 0 Å². The van der Waals surface area contributed by atoms with Crippen LogP contribution in [0.3, 0.4) is 0 Å². The van der Waals surface area contributed by atoms with E-state index in [2.05, 4.69) is 5.32 Å². The van der Waals surface area contributed by atoms with Crippen LogP contribution in [0.4, 0.5) is 0 Å². The van der Waals surface area contributed by atoms with Crippen LogP contribution < -0.4 is 5.32 Å². The fourth-order valence-electron chi connectivity index (χ4n) is 2.85. The van der Waals surface area contributed by atoms with Gasteiger partial charge in [-0.2, -0.15) is 0 Å². The molecule has 3 unspecified atom stereocenters. The molecule has 0 aromatic carbocycles. The zero-order valence-corrected chi connectivity index (χ0v) is 8.38. The van der Waals surface area contributed by atoms with Crippen LogP contribution in [-0.2, 0) is 4.79 Å². The van der Waals surface area contributed by atoms with Gasteiger partial charge >= 0.3 is 0 Å². The van der Waals surface area contributed by atoms with Gasteiger partial charge in [-0.3, -0.25) is 4.79 Å². The molecule has 2 fully saturated rings. The first-order valence-electron chi connectivity index (χ1n) is 5.51. The molecule has 3 atom stereocenters. The molecule has 0 aromatic heterocycles.